The quantitative estimate of drug-likeness (QED) is 0.590. The van der Waals surface area contributed by atoms with E-state index in [-0.39, 0.29) is 10.7 Å². The van der Waals surface area contributed by atoms with Crippen molar-refractivity contribution < 1.29 is 8.42 Å². The minimum Gasteiger partial charge on any atom is -0.325 e. The van der Waals surface area contributed by atoms with Crippen molar-refractivity contribution in [3.05, 3.63) is 54.6 Å². The van der Waals surface area contributed by atoms with E-state index in [4.69, 9.17) is 0 Å². The van der Waals surface area contributed by atoms with E-state index in [1.54, 1.807) is 12.1 Å². The molecule has 0 radical (unpaired) electrons. The summed E-state index contributed by atoms with van der Waals surface area (Å²) in [6.07, 6.45) is 8.44. The Morgan fingerprint density at radius 3 is 2.43 bits per heavy atom. The summed E-state index contributed by atoms with van der Waals surface area (Å²) in [7, 11) is -3.42. The molecule has 1 aliphatic rings. The minimum atomic E-state index is -3.42. The molecule has 0 saturated carbocycles. The Bertz CT molecular complexity index is 1110. The van der Waals surface area contributed by atoms with Crippen LogP contribution in [0, 0.1) is 0 Å². The van der Waals surface area contributed by atoms with Crippen LogP contribution in [-0.2, 0) is 16.4 Å². The third-order valence-electron chi connectivity index (χ3n) is 4.77. The Labute approximate surface area is 175 Å². The SMILES string of the molecule is CS(=O)(=O)c1cccnc1Nc1cc(Nc2ccc(CN3CCCC3)cn2)ncn1. The van der Waals surface area contributed by atoms with Gasteiger partial charge in [-0.2, -0.15) is 0 Å². The average molecular weight is 426 g/mol. The first-order valence-electron chi connectivity index (χ1n) is 9.66. The van der Waals surface area contributed by atoms with Gasteiger partial charge in [0.25, 0.3) is 0 Å². The number of sulfone groups is 1. The number of hydrogen-bond acceptors (Lipinski definition) is 9. The maximum absolute atomic E-state index is 12.0. The van der Waals surface area contributed by atoms with E-state index in [2.05, 4.69) is 41.5 Å². The zero-order valence-electron chi connectivity index (χ0n) is 16.6. The lowest BCUT2D eigenvalue weighted by atomic mass is 10.2. The molecule has 0 spiro atoms. The maximum Gasteiger partial charge on any atom is 0.179 e. The summed E-state index contributed by atoms with van der Waals surface area (Å²) in [4.78, 5) is 19.5. The lowest BCUT2D eigenvalue weighted by Gasteiger charge is -2.14. The standard InChI is InChI=1S/C20H23N7O2S/c1-30(28,29)16-5-4-8-21-20(16)26-19-11-18(23-14-24-19)25-17-7-6-15(12-22-17)13-27-9-2-3-10-27/h4-8,11-12,14H,2-3,9-10,13H2,1H3,(H2,21,22,23,24,25,26). The summed E-state index contributed by atoms with van der Waals surface area (Å²) in [6.45, 7) is 3.21. The van der Waals surface area contributed by atoms with Gasteiger partial charge in [0.15, 0.2) is 9.84 Å². The predicted octanol–water partition coefficient (Wildman–Crippen LogP) is 2.75. The number of hydrogen-bond donors (Lipinski definition) is 2. The maximum atomic E-state index is 12.0. The number of likely N-dealkylation sites (tertiary alicyclic amines) is 1. The van der Waals surface area contributed by atoms with Crippen molar-refractivity contribution in [1.82, 2.24) is 24.8 Å². The largest absolute Gasteiger partial charge is 0.325 e. The average Bonchev–Trinajstić information content (AvgIpc) is 3.22. The van der Waals surface area contributed by atoms with Gasteiger partial charge < -0.3 is 10.6 Å². The van der Waals surface area contributed by atoms with Crippen LogP contribution in [0.3, 0.4) is 0 Å². The van der Waals surface area contributed by atoms with E-state index in [9.17, 15) is 8.42 Å². The van der Waals surface area contributed by atoms with Gasteiger partial charge in [0.05, 0.1) is 0 Å². The Balaban J connectivity index is 1.45. The molecule has 4 heterocycles. The summed E-state index contributed by atoms with van der Waals surface area (Å²) in [5.41, 5.74) is 1.18. The van der Waals surface area contributed by atoms with Crippen LogP contribution in [-0.4, -0.2) is 52.6 Å². The molecule has 3 aromatic heterocycles. The molecule has 4 rings (SSSR count). The number of anilines is 4. The molecule has 0 amide bonds. The van der Waals surface area contributed by atoms with Crippen LogP contribution in [0.5, 0.6) is 0 Å². The summed E-state index contributed by atoms with van der Waals surface area (Å²) in [6, 6.07) is 8.72. The fourth-order valence-electron chi connectivity index (χ4n) is 3.32. The fourth-order valence-corrected chi connectivity index (χ4v) is 4.10. The van der Waals surface area contributed by atoms with Crippen LogP contribution < -0.4 is 10.6 Å². The van der Waals surface area contributed by atoms with Crippen LogP contribution >= 0.6 is 0 Å². The van der Waals surface area contributed by atoms with Gasteiger partial charge in [-0.1, -0.05) is 6.07 Å². The zero-order valence-corrected chi connectivity index (χ0v) is 17.4. The molecule has 0 unspecified atom stereocenters. The molecule has 30 heavy (non-hydrogen) atoms. The van der Waals surface area contributed by atoms with Crippen molar-refractivity contribution in [3.63, 3.8) is 0 Å². The van der Waals surface area contributed by atoms with Crippen molar-refractivity contribution in [1.29, 1.82) is 0 Å². The molecular formula is C20H23N7O2S. The third-order valence-corrected chi connectivity index (χ3v) is 5.90. The topological polar surface area (TPSA) is 113 Å². The Morgan fingerprint density at radius 2 is 1.73 bits per heavy atom. The minimum absolute atomic E-state index is 0.105. The lowest BCUT2D eigenvalue weighted by molar-refractivity contribution is 0.331. The van der Waals surface area contributed by atoms with Gasteiger partial charge in [-0.05, 0) is 49.7 Å². The van der Waals surface area contributed by atoms with E-state index in [0.29, 0.717) is 17.5 Å². The van der Waals surface area contributed by atoms with E-state index in [1.807, 2.05) is 12.3 Å². The molecule has 3 aromatic rings. The van der Waals surface area contributed by atoms with Gasteiger partial charge in [0.1, 0.15) is 34.5 Å². The second kappa shape index (κ2) is 8.72. The smallest absolute Gasteiger partial charge is 0.179 e. The van der Waals surface area contributed by atoms with Crippen LogP contribution in [0.4, 0.5) is 23.3 Å². The molecule has 0 aromatic carbocycles. The molecule has 9 nitrogen and oxygen atoms in total. The summed E-state index contributed by atoms with van der Waals surface area (Å²) in [5.74, 6) is 1.83. The highest BCUT2D eigenvalue weighted by Crippen LogP contribution is 2.23. The third kappa shape index (κ3) is 5.08. The Kier molecular flexibility index (Phi) is 5.86. The van der Waals surface area contributed by atoms with Gasteiger partial charge in [-0.15, -0.1) is 0 Å². The van der Waals surface area contributed by atoms with Crippen molar-refractivity contribution in [2.24, 2.45) is 0 Å². The van der Waals surface area contributed by atoms with Crippen LogP contribution in [0.25, 0.3) is 0 Å². The number of nitrogens with one attached hydrogen (secondary N) is 2. The highest BCUT2D eigenvalue weighted by Gasteiger charge is 2.15. The van der Waals surface area contributed by atoms with Gasteiger partial charge in [0.2, 0.25) is 0 Å². The van der Waals surface area contributed by atoms with Gasteiger partial charge >= 0.3 is 0 Å². The van der Waals surface area contributed by atoms with E-state index in [0.717, 1.165) is 25.9 Å². The first kappa shape index (κ1) is 20.2. The fraction of sp³-hybridized carbons (Fsp3) is 0.300. The molecule has 10 heteroatoms. The first-order valence-corrected chi connectivity index (χ1v) is 11.5. The van der Waals surface area contributed by atoms with Gasteiger partial charge in [0, 0.05) is 31.3 Å². The number of rotatable bonds is 7. The van der Waals surface area contributed by atoms with Crippen molar-refractivity contribution >= 4 is 33.1 Å². The van der Waals surface area contributed by atoms with E-state index >= 15 is 0 Å². The van der Waals surface area contributed by atoms with Crippen molar-refractivity contribution in [2.45, 2.75) is 24.3 Å². The second-order valence-corrected chi connectivity index (χ2v) is 9.18. The molecule has 1 aliphatic heterocycles. The summed E-state index contributed by atoms with van der Waals surface area (Å²) >= 11 is 0. The molecule has 1 fully saturated rings. The molecule has 0 atom stereocenters. The Hall–Kier alpha value is -3.11. The molecule has 1 saturated heterocycles. The molecule has 156 valence electrons. The molecule has 0 bridgehead atoms. The number of nitrogens with zero attached hydrogens (tertiary/aromatic N) is 5. The number of pyridine rings is 2. The lowest BCUT2D eigenvalue weighted by Crippen LogP contribution is -2.18. The normalized spacial score (nSPS) is 14.6. The summed E-state index contributed by atoms with van der Waals surface area (Å²) in [5, 5.41) is 6.09. The first-order chi connectivity index (χ1) is 14.5. The van der Waals surface area contributed by atoms with Gasteiger partial charge in [-0.3, -0.25) is 4.90 Å². The highest BCUT2D eigenvalue weighted by atomic mass is 32.2. The van der Waals surface area contributed by atoms with Gasteiger partial charge in [-0.25, -0.2) is 28.4 Å². The number of aromatic nitrogens is 4. The van der Waals surface area contributed by atoms with E-state index < -0.39 is 9.84 Å². The van der Waals surface area contributed by atoms with Crippen LogP contribution in [0.2, 0.25) is 0 Å². The Morgan fingerprint density at radius 1 is 0.967 bits per heavy atom. The predicted molar refractivity (Wildman–Crippen MR) is 115 cm³/mol. The van der Waals surface area contributed by atoms with Crippen LogP contribution in [0.15, 0.2) is 53.9 Å². The highest BCUT2D eigenvalue weighted by molar-refractivity contribution is 7.90. The molecular weight excluding hydrogens is 402 g/mol. The van der Waals surface area contributed by atoms with Crippen LogP contribution in [0.1, 0.15) is 18.4 Å². The van der Waals surface area contributed by atoms with Crippen molar-refractivity contribution in [2.75, 3.05) is 30.0 Å². The molecule has 2 N–H and O–H groups in total. The van der Waals surface area contributed by atoms with Crippen molar-refractivity contribution in [3.8, 4) is 0 Å². The zero-order chi connectivity index (χ0) is 21.0. The summed E-state index contributed by atoms with van der Waals surface area (Å²) < 4.78 is 23.9. The van der Waals surface area contributed by atoms with E-state index in [1.165, 1.54) is 37.0 Å². The monoisotopic (exact) mass is 425 g/mol. The second-order valence-electron chi connectivity index (χ2n) is 7.20. The molecule has 0 aliphatic carbocycles.